The lowest BCUT2D eigenvalue weighted by atomic mass is 10.8. The minimum absolute atomic E-state index is 0.0517. The Bertz CT molecular complexity index is 54.8. The Hall–Kier alpha value is -0.100. The summed E-state index contributed by atoms with van der Waals surface area (Å²) >= 11 is 0. The number of carbonyl (C=O) groups excluding carboxylic acids is 1. The summed E-state index contributed by atoms with van der Waals surface area (Å²) in [5.41, 5.74) is 0. The van der Waals surface area contributed by atoms with Gasteiger partial charge in [0.1, 0.15) is 0 Å². The van der Waals surface area contributed by atoms with Gasteiger partial charge in [0.05, 0.1) is 0 Å². The first-order chi connectivity index (χ1) is 2.77. The zero-order valence-electron chi connectivity index (χ0n) is 3.91. The summed E-state index contributed by atoms with van der Waals surface area (Å²) in [6, 6.07) is 0. The Labute approximate surface area is 39.2 Å². The van der Waals surface area contributed by atoms with Gasteiger partial charge in [0, 0.05) is 6.92 Å². The molecule has 1 atom stereocenters. The van der Waals surface area contributed by atoms with Crippen LogP contribution in [0.3, 0.4) is 0 Å². The Balaban J connectivity index is 2.83. The standard InChI is InChI=1S/C3H8NOP/c1-3(5)4-6-2/h6H,1-2H3,(H,4,5). The van der Waals surface area contributed by atoms with E-state index in [0.29, 0.717) is 8.73 Å². The molecule has 0 aromatic carbocycles. The van der Waals surface area contributed by atoms with Gasteiger partial charge in [-0.1, -0.05) is 0 Å². The highest BCUT2D eigenvalue weighted by Gasteiger charge is 1.78. The zero-order chi connectivity index (χ0) is 4.99. The van der Waals surface area contributed by atoms with Crippen molar-refractivity contribution in [2.75, 3.05) is 6.66 Å². The summed E-state index contributed by atoms with van der Waals surface area (Å²) in [7, 11) is 0.539. The molecule has 1 unspecified atom stereocenters. The van der Waals surface area contributed by atoms with E-state index in [1.165, 1.54) is 6.92 Å². The average Bonchev–Trinajstić information content (AvgIpc) is 1.35. The van der Waals surface area contributed by atoms with Gasteiger partial charge in [-0.2, -0.15) is 0 Å². The van der Waals surface area contributed by atoms with Crippen molar-refractivity contribution in [2.24, 2.45) is 0 Å². The molecule has 0 aliphatic heterocycles. The van der Waals surface area contributed by atoms with Gasteiger partial charge in [-0.25, -0.2) is 0 Å². The lowest BCUT2D eigenvalue weighted by molar-refractivity contribution is -0.117. The predicted octanol–water partition coefficient (Wildman–Crippen LogP) is 0.346. The second kappa shape index (κ2) is 3.10. The van der Waals surface area contributed by atoms with Crippen LogP contribution in [0, 0.1) is 0 Å². The average molecular weight is 105 g/mol. The van der Waals surface area contributed by atoms with E-state index in [1.54, 1.807) is 0 Å². The first-order valence-corrected chi connectivity index (χ1v) is 3.20. The lowest BCUT2D eigenvalue weighted by Gasteiger charge is -1.88. The Morgan fingerprint density at radius 3 is 2.33 bits per heavy atom. The first kappa shape index (κ1) is 5.90. The van der Waals surface area contributed by atoms with Gasteiger partial charge < -0.3 is 5.09 Å². The quantitative estimate of drug-likeness (QED) is 0.479. The second-order valence-electron chi connectivity index (χ2n) is 0.931. The van der Waals surface area contributed by atoms with E-state index in [4.69, 9.17) is 0 Å². The van der Waals surface area contributed by atoms with E-state index in [-0.39, 0.29) is 5.91 Å². The molecule has 0 radical (unpaired) electrons. The Morgan fingerprint density at radius 1 is 1.83 bits per heavy atom. The van der Waals surface area contributed by atoms with Crippen LogP contribution in [0.25, 0.3) is 0 Å². The van der Waals surface area contributed by atoms with Gasteiger partial charge in [0.15, 0.2) is 0 Å². The fraction of sp³-hybridized carbons (Fsp3) is 0.667. The van der Waals surface area contributed by atoms with Crippen LogP contribution in [-0.4, -0.2) is 12.6 Å². The van der Waals surface area contributed by atoms with E-state index < -0.39 is 0 Å². The summed E-state index contributed by atoms with van der Waals surface area (Å²) in [6.45, 7) is 3.43. The second-order valence-corrected chi connectivity index (χ2v) is 1.68. The molecule has 3 heteroatoms. The molecule has 0 fully saturated rings. The Morgan fingerprint density at radius 2 is 2.33 bits per heavy atom. The molecule has 0 aliphatic carbocycles. The van der Waals surface area contributed by atoms with Gasteiger partial charge >= 0.3 is 0 Å². The number of rotatable bonds is 1. The third-order valence-electron chi connectivity index (χ3n) is 0.301. The van der Waals surface area contributed by atoms with Crippen molar-refractivity contribution in [3.8, 4) is 0 Å². The van der Waals surface area contributed by atoms with Crippen molar-refractivity contribution >= 4 is 14.6 Å². The molecule has 36 valence electrons. The maximum absolute atomic E-state index is 9.94. The largest absolute Gasteiger partial charge is 0.338 e. The molecule has 0 heterocycles. The van der Waals surface area contributed by atoms with Crippen molar-refractivity contribution < 1.29 is 4.79 Å². The highest BCUT2D eigenvalue weighted by atomic mass is 31.1. The van der Waals surface area contributed by atoms with Crippen molar-refractivity contribution in [2.45, 2.75) is 6.92 Å². The summed E-state index contributed by atoms with van der Waals surface area (Å²) in [5.74, 6) is 0.0517. The van der Waals surface area contributed by atoms with Crippen LogP contribution in [0.15, 0.2) is 0 Å². The molecule has 0 bridgehead atoms. The number of amides is 1. The van der Waals surface area contributed by atoms with Crippen molar-refractivity contribution in [1.29, 1.82) is 0 Å². The SMILES string of the molecule is CPNC(C)=O. The van der Waals surface area contributed by atoms with Gasteiger partial charge in [0.2, 0.25) is 5.91 Å². The molecule has 6 heavy (non-hydrogen) atoms. The van der Waals surface area contributed by atoms with Crippen LogP contribution in [-0.2, 0) is 4.79 Å². The van der Waals surface area contributed by atoms with Crippen LogP contribution in [0.4, 0.5) is 0 Å². The Kier molecular flexibility index (Phi) is 3.05. The maximum atomic E-state index is 9.94. The van der Waals surface area contributed by atoms with Gasteiger partial charge in [-0.15, -0.1) is 0 Å². The smallest absolute Gasteiger partial charge is 0.219 e. The molecular weight excluding hydrogens is 97.0 g/mol. The van der Waals surface area contributed by atoms with Crippen molar-refractivity contribution in [3.05, 3.63) is 0 Å². The number of hydrogen-bond donors (Lipinski definition) is 1. The van der Waals surface area contributed by atoms with Gasteiger partial charge in [-0.05, 0) is 15.4 Å². The maximum Gasteiger partial charge on any atom is 0.219 e. The normalized spacial score (nSPS) is 9.67. The van der Waals surface area contributed by atoms with Crippen molar-refractivity contribution in [1.82, 2.24) is 5.09 Å². The van der Waals surface area contributed by atoms with E-state index in [1.807, 2.05) is 6.66 Å². The number of hydrogen-bond acceptors (Lipinski definition) is 1. The monoisotopic (exact) mass is 105 g/mol. The fourth-order valence-corrected chi connectivity index (χ4v) is 0.528. The predicted molar refractivity (Wildman–Crippen MR) is 28.1 cm³/mol. The summed E-state index contributed by atoms with van der Waals surface area (Å²) in [4.78, 5) is 9.94. The third-order valence-corrected chi connectivity index (χ3v) is 0.903. The highest BCUT2D eigenvalue weighted by Crippen LogP contribution is 1.88. The van der Waals surface area contributed by atoms with Crippen LogP contribution < -0.4 is 5.09 Å². The molecule has 1 amide bonds. The highest BCUT2D eigenvalue weighted by molar-refractivity contribution is 7.35. The molecule has 0 aromatic rings. The molecule has 0 aromatic heterocycles. The minimum Gasteiger partial charge on any atom is -0.338 e. The fourth-order valence-electron chi connectivity index (χ4n) is 0.176. The zero-order valence-corrected chi connectivity index (χ0v) is 4.91. The van der Waals surface area contributed by atoms with E-state index in [9.17, 15) is 4.79 Å². The molecule has 0 aliphatic rings. The summed E-state index contributed by atoms with van der Waals surface area (Å²) in [5, 5.41) is 2.60. The first-order valence-electron chi connectivity index (χ1n) is 1.70. The van der Waals surface area contributed by atoms with Gasteiger partial charge in [-0.3, -0.25) is 4.79 Å². The van der Waals surface area contributed by atoms with E-state index >= 15 is 0 Å². The van der Waals surface area contributed by atoms with Gasteiger partial charge in [0.25, 0.3) is 0 Å². The minimum atomic E-state index is 0.0517. The summed E-state index contributed by atoms with van der Waals surface area (Å²) < 4.78 is 0. The lowest BCUT2D eigenvalue weighted by Crippen LogP contribution is -2.06. The van der Waals surface area contributed by atoms with E-state index in [0.717, 1.165) is 0 Å². The third kappa shape index (κ3) is 3.90. The summed E-state index contributed by atoms with van der Waals surface area (Å²) in [6.07, 6.45) is 0. The van der Waals surface area contributed by atoms with Crippen LogP contribution >= 0.6 is 8.73 Å². The number of carbonyl (C=O) groups is 1. The topological polar surface area (TPSA) is 29.1 Å². The van der Waals surface area contributed by atoms with E-state index in [2.05, 4.69) is 5.09 Å². The molecule has 0 rings (SSSR count). The molecule has 1 N–H and O–H groups in total. The molecular formula is C3H8NOP. The molecule has 0 saturated carbocycles. The molecule has 2 nitrogen and oxygen atoms in total. The molecule has 0 spiro atoms. The van der Waals surface area contributed by atoms with Crippen LogP contribution in [0.5, 0.6) is 0 Å². The molecule has 0 saturated heterocycles. The van der Waals surface area contributed by atoms with Crippen molar-refractivity contribution in [3.63, 3.8) is 0 Å². The number of nitrogens with one attached hydrogen (secondary N) is 1. The van der Waals surface area contributed by atoms with Crippen LogP contribution in [0.1, 0.15) is 6.92 Å². The van der Waals surface area contributed by atoms with Crippen LogP contribution in [0.2, 0.25) is 0 Å².